The first-order chi connectivity index (χ1) is 14.4. The van der Waals surface area contributed by atoms with Gasteiger partial charge in [0.2, 0.25) is 5.91 Å². The maximum Gasteiger partial charge on any atom is 0.220 e. The van der Waals surface area contributed by atoms with Gasteiger partial charge in [0.05, 0.1) is 39.0 Å². The predicted molar refractivity (Wildman–Crippen MR) is 126 cm³/mol. The molecule has 1 aliphatic carbocycles. The van der Waals surface area contributed by atoms with Gasteiger partial charge in [-0.1, -0.05) is 33.6 Å². The zero-order valence-electron chi connectivity index (χ0n) is 20.5. The zero-order chi connectivity index (χ0) is 23.4. The van der Waals surface area contributed by atoms with Crippen LogP contribution in [-0.2, 0) is 14.0 Å². The summed E-state index contributed by atoms with van der Waals surface area (Å²) in [6, 6.07) is 3.95. The largest absolute Gasteiger partial charge is 0.496 e. The number of carbonyl (C=O) groups is 1. The molecule has 1 aliphatic rings. The Kier molecular flexibility index (Phi) is 8.59. The van der Waals surface area contributed by atoms with Crippen LogP contribution in [-0.4, -0.2) is 40.7 Å². The van der Waals surface area contributed by atoms with Gasteiger partial charge in [0.15, 0.2) is 8.32 Å². The molecule has 176 valence electrons. The Labute approximate surface area is 188 Å². The van der Waals surface area contributed by atoms with E-state index in [1.807, 2.05) is 19.1 Å². The molecular formula is C24H41NO5Si. The minimum Gasteiger partial charge on any atom is -0.496 e. The number of amides is 1. The van der Waals surface area contributed by atoms with Crippen molar-refractivity contribution in [3.63, 3.8) is 0 Å². The van der Waals surface area contributed by atoms with Crippen LogP contribution in [0, 0.1) is 6.92 Å². The average Bonchev–Trinajstić information content (AvgIpc) is 3.18. The Morgan fingerprint density at radius 2 is 1.65 bits per heavy atom. The quantitative estimate of drug-likeness (QED) is 0.490. The topological polar surface area (TPSA) is 80.0 Å². The fourth-order valence-corrected chi connectivity index (χ4v) is 5.10. The summed E-state index contributed by atoms with van der Waals surface area (Å²) in [6.07, 6.45) is 3.62. The Hall–Kier alpha value is -1.57. The van der Waals surface area contributed by atoms with E-state index in [2.05, 4.69) is 33.9 Å². The van der Waals surface area contributed by atoms with Gasteiger partial charge in [-0.25, -0.2) is 0 Å². The molecule has 31 heavy (non-hydrogen) atoms. The molecule has 0 saturated heterocycles. The first kappa shape index (κ1) is 25.7. The highest BCUT2D eigenvalue weighted by Gasteiger charge is 2.42. The number of methoxy groups -OCH3 is 2. The van der Waals surface area contributed by atoms with Gasteiger partial charge in [-0.3, -0.25) is 4.79 Å². The van der Waals surface area contributed by atoms with Crippen LogP contribution >= 0.6 is 0 Å². The predicted octanol–water partition coefficient (Wildman–Crippen LogP) is 5.28. The summed E-state index contributed by atoms with van der Waals surface area (Å²) in [5.41, 5.74) is 7.46. The fraction of sp³-hybridized carbons (Fsp3) is 0.708. The van der Waals surface area contributed by atoms with Crippen molar-refractivity contribution in [2.75, 3.05) is 14.2 Å². The van der Waals surface area contributed by atoms with Gasteiger partial charge in [-0.15, -0.1) is 0 Å². The maximum absolute atomic E-state index is 12.0. The van der Waals surface area contributed by atoms with Crippen molar-refractivity contribution < 1.29 is 23.4 Å². The van der Waals surface area contributed by atoms with Crippen LogP contribution in [0.25, 0.3) is 0 Å². The highest BCUT2D eigenvalue weighted by molar-refractivity contribution is 6.74. The standard InChI is InChI=1S/C24H41NO5Si/c1-16-19(27-5)13-17(14-20(16)28-6)23(30-31(7,8)24(2,3)4)21(15-22(25)26)29-18-11-9-10-12-18/h13-14,18,21,23H,9-12,15H2,1-8H3,(H2,25,26). The molecule has 1 fully saturated rings. The second kappa shape index (κ2) is 10.4. The van der Waals surface area contributed by atoms with Gasteiger partial charge in [-0.2, -0.15) is 0 Å². The molecule has 0 bridgehead atoms. The lowest BCUT2D eigenvalue weighted by Crippen LogP contribution is -2.45. The first-order valence-electron chi connectivity index (χ1n) is 11.2. The number of primary amides is 1. The highest BCUT2D eigenvalue weighted by atomic mass is 28.4. The van der Waals surface area contributed by atoms with E-state index in [0.29, 0.717) is 0 Å². The Morgan fingerprint density at radius 3 is 2.06 bits per heavy atom. The SMILES string of the molecule is COc1cc(C(O[Si](C)(C)C(C)(C)C)C(CC(N)=O)OC2CCCC2)cc(OC)c1C. The van der Waals surface area contributed by atoms with Gasteiger partial charge in [0, 0.05) is 5.56 Å². The van der Waals surface area contributed by atoms with E-state index in [0.717, 1.165) is 48.3 Å². The number of rotatable bonds is 10. The molecule has 2 rings (SSSR count). The van der Waals surface area contributed by atoms with Crippen molar-refractivity contribution in [3.8, 4) is 11.5 Å². The van der Waals surface area contributed by atoms with E-state index in [9.17, 15) is 4.79 Å². The van der Waals surface area contributed by atoms with Gasteiger partial charge in [0.1, 0.15) is 11.5 Å². The molecule has 1 aromatic rings. The Balaban J connectivity index is 2.56. The molecule has 6 nitrogen and oxygen atoms in total. The summed E-state index contributed by atoms with van der Waals surface area (Å²) in [5, 5.41) is -0.00521. The van der Waals surface area contributed by atoms with Crippen LogP contribution in [0.5, 0.6) is 11.5 Å². The van der Waals surface area contributed by atoms with E-state index < -0.39 is 26.4 Å². The molecule has 2 N–H and O–H groups in total. The number of hydrogen-bond donors (Lipinski definition) is 1. The third-order valence-electron chi connectivity index (χ3n) is 6.74. The van der Waals surface area contributed by atoms with Gasteiger partial charge < -0.3 is 24.4 Å². The van der Waals surface area contributed by atoms with Crippen molar-refractivity contribution in [2.45, 2.75) is 96.2 Å². The molecule has 0 aliphatic heterocycles. The highest BCUT2D eigenvalue weighted by Crippen LogP contribution is 2.43. The van der Waals surface area contributed by atoms with Gasteiger partial charge in [-0.05, 0) is 55.6 Å². The van der Waals surface area contributed by atoms with Crippen LogP contribution in [0.15, 0.2) is 12.1 Å². The molecule has 0 heterocycles. The van der Waals surface area contributed by atoms with E-state index in [4.69, 9.17) is 24.4 Å². The van der Waals surface area contributed by atoms with Crippen molar-refractivity contribution in [2.24, 2.45) is 5.73 Å². The molecular weight excluding hydrogens is 410 g/mol. The molecule has 2 atom stereocenters. The zero-order valence-corrected chi connectivity index (χ0v) is 21.5. The van der Waals surface area contributed by atoms with Gasteiger partial charge >= 0.3 is 0 Å². The number of ether oxygens (including phenoxy) is 3. The van der Waals surface area contributed by atoms with Crippen LogP contribution in [0.2, 0.25) is 18.1 Å². The second-order valence-corrected chi connectivity index (χ2v) is 14.9. The third kappa shape index (κ3) is 6.46. The van der Waals surface area contributed by atoms with E-state index in [-0.39, 0.29) is 17.6 Å². The molecule has 1 saturated carbocycles. The van der Waals surface area contributed by atoms with E-state index >= 15 is 0 Å². The molecule has 1 aromatic carbocycles. The lowest BCUT2D eigenvalue weighted by molar-refractivity contribution is -0.127. The number of nitrogens with two attached hydrogens (primary N) is 1. The summed E-state index contributed by atoms with van der Waals surface area (Å²) in [7, 11) is 1.09. The van der Waals surface area contributed by atoms with Crippen molar-refractivity contribution >= 4 is 14.2 Å². The van der Waals surface area contributed by atoms with Crippen LogP contribution in [0.3, 0.4) is 0 Å². The van der Waals surface area contributed by atoms with Crippen LogP contribution < -0.4 is 15.2 Å². The Morgan fingerprint density at radius 1 is 1.13 bits per heavy atom. The number of benzene rings is 1. The molecule has 2 unspecified atom stereocenters. The average molecular weight is 452 g/mol. The smallest absolute Gasteiger partial charge is 0.220 e. The first-order valence-corrected chi connectivity index (χ1v) is 14.1. The van der Waals surface area contributed by atoms with E-state index in [1.54, 1.807) is 14.2 Å². The van der Waals surface area contributed by atoms with Crippen molar-refractivity contribution in [1.82, 2.24) is 0 Å². The second-order valence-electron chi connectivity index (χ2n) is 10.1. The maximum atomic E-state index is 12.0. The van der Waals surface area contributed by atoms with Crippen LogP contribution in [0.4, 0.5) is 0 Å². The lowest BCUT2D eigenvalue weighted by atomic mass is 9.99. The monoisotopic (exact) mass is 451 g/mol. The molecule has 1 amide bonds. The normalized spacial score (nSPS) is 17.4. The van der Waals surface area contributed by atoms with E-state index in [1.165, 1.54) is 0 Å². The number of hydrogen-bond acceptors (Lipinski definition) is 5. The molecule has 0 radical (unpaired) electrons. The summed E-state index contributed by atoms with van der Waals surface area (Å²) < 4.78 is 24.6. The van der Waals surface area contributed by atoms with Crippen molar-refractivity contribution in [3.05, 3.63) is 23.3 Å². The summed E-state index contributed by atoms with van der Waals surface area (Å²) >= 11 is 0. The minimum absolute atomic E-state index is 0.00521. The summed E-state index contributed by atoms with van der Waals surface area (Å²) in [6.45, 7) is 13.0. The van der Waals surface area contributed by atoms with Crippen LogP contribution in [0.1, 0.15) is 70.1 Å². The molecule has 0 spiro atoms. The third-order valence-corrected chi connectivity index (χ3v) is 11.2. The molecule has 0 aromatic heterocycles. The lowest BCUT2D eigenvalue weighted by Gasteiger charge is -2.42. The minimum atomic E-state index is -2.20. The fourth-order valence-electron chi connectivity index (χ4n) is 3.82. The summed E-state index contributed by atoms with van der Waals surface area (Å²) in [5.74, 6) is 1.05. The van der Waals surface area contributed by atoms with Gasteiger partial charge in [0.25, 0.3) is 0 Å². The summed E-state index contributed by atoms with van der Waals surface area (Å²) in [4.78, 5) is 12.0. The Bertz CT molecular complexity index is 728. The molecule has 7 heteroatoms. The number of carbonyl (C=O) groups excluding carboxylic acids is 1. The van der Waals surface area contributed by atoms with Crippen molar-refractivity contribution in [1.29, 1.82) is 0 Å².